The first-order valence-electron chi connectivity index (χ1n) is 5.20. The summed E-state index contributed by atoms with van der Waals surface area (Å²) in [5, 5.41) is 17.1. The summed E-state index contributed by atoms with van der Waals surface area (Å²) < 4.78 is 0. The number of allylic oxidation sites excluding steroid dienone is 3. The van der Waals surface area contributed by atoms with Gasteiger partial charge in [-0.1, -0.05) is 23.3 Å². The summed E-state index contributed by atoms with van der Waals surface area (Å²) in [6, 6.07) is 0. The van der Waals surface area contributed by atoms with Crippen LogP contribution in [0.5, 0.6) is 0 Å². The fourth-order valence-corrected chi connectivity index (χ4v) is 1.21. The molecular weight excluding hydrogens is 192 g/mol. The molecule has 0 saturated carbocycles. The Morgan fingerprint density at radius 2 is 1.67 bits per heavy atom. The van der Waals surface area contributed by atoms with Gasteiger partial charge < -0.3 is 10.2 Å². The van der Waals surface area contributed by atoms with E-state index >= 15 is 0 Å². The summed E-state index contributed by atoms with van der Waals surface area (Å²) in [4.78, 5) is 10.3. The van der Waals surface area contributed by atoms with Gasteiger partial charge in [-0.05, 0) is 33.1 Å². The Bertz CT molecular complexity index is 252. The molecular formula is C12H20O3. The summed E-state index contributed by atoms with van der Waals surface area (Å²) in [5.74, 6) is -0.751. The second kappa shape index (κ2) is 8.24. The van der Waals surface area contributed by atoms with Gasteiger partial charge in [-0.3, -0.25) is 4.79 Å². The Kier molecular flexibility index (Phi) is 7.64. The lowest BCUT2D eigenvalue weighted by Gasteiger charge is -2.00. The minimum absolute atomic E-state index is 0.0908. The zero-order valence-electron chi connectivity index (χ0n) is 9.49. The fraction of sp³-hybridized carbons (Fsp3) is 0.583. The van der Waals surface area contributed by atoms with Crippen molar-refractivity contribution in [2.45, 2.75) is 39.5 Å². The van der Waals surface area contributed by atoms with E-state index in [1.54, 1.807) is 6.08 Å². The van der Waals surface area contributed by atoms with Crippen molar-refractivity contribution in [3.8, 4) is 0 Å². The SMILES string of the molecule is CC(=CCO)CCC=C(C)CCC(=O)O. The van der Waals surface area contributed by atoms with E-state index in [1.807, 2.05) is 13.8 Å². The Morgan fingerprint density at radius 1 is 1.07 bits per heavy atom. The average molecular weight is 212 g/mol. The minimum Gasteiger partial charge on any atom is -0.481 e. The van der Waals surface area contributed by atoms with E-state index < -0.39 is 5.97 Å². The second-order valence-electron chi connectivity index (χ2n) is 3.72. The molecule has 0 amide bonds. The third-order valence-corrected chi connectivity index (χ3v) is 2.20. The van der Waals surface area contributed by atoms with Crippen LogP contribution in [0.2, 0.25) is 0 Å². The fourth-order valence-electron chi connectivity index (χ4n) is 1.21. The highest BCUT2D eigenvalue weighted by Crippen LogP contribution is 2.09. The van der Waals surface area contributed by atoms with Crippen LogP contribution in [0.4, 0.5) is 0 Å². The molecule has 0 aromatic carbocycles. The van der Waals surface area contributed by atoms with Crippen molar-refractivity contribution in [3.63, 3.8) is 0 Å². The first-order valence-corrected chi connectivity index (χ1v) is 5.20. The van der Waals surface area contributed by atoms with Gasteiger partial charge in [-0.25, -0.2) is 0 Å². The second-order valence-corrected chi connectivity index (χ2v) is 3.72. The van der Waals surface area contributed by atoms with Crippen molar-refractivity contribution in [2.75, 3.05) is 6.61 Å². The molecule has 2 N–H and O–H groups in total. The van der Waals surface area contributed by atoms with E-state index in [1.165, 1.54) is 5.57 Å². The van der Waals surface area contributed by atoms with E-state index in [0.717, 1.165) is 18.4 Å². The lowest BCUT2D eigenvalue weighted by molar-refractivity contribution is -0.136. The number of carboxylic acids is 1. The van der Waals surface area contributed by atoms with Gasteiger partial charge in [0.25, 0.3) is 0 Å². The molecule has 3 nitrogen and oxygen atoms in total. The number of aliphatic hydroxyl groups excluding tert-OH is 1. The van der Waals surface area contributed by atoms with Gasteiger partial charge in [0, 0.05) is 6.42 Å². The predicted octanol–water partition coefficient (Wildman–Crippen LogP) is 2.52. The maximum Gasteiger partial charge on any atom is 0.303 e. The topological polar surface area (TPSA) is 57.5 Å². The van der Waals surface area contributed by atoms with Crippen molar-refractivity contribution in [2.24, 2.45) is 0 Å². The lowest BCUT2D eigenvalue weighted by Crippen LogP contribution is -1.94. The predicted molar refractivity (Wildman–Crippen MR) is 60.7 cm³/mol. The zero-order chi connectivity index (χ0) is 11.7. The van der Waals surface area contributed by atoms with E-state index in [0.29, 0.717) is 6.42 Å². The van der Waals surface area contributed by atoms with Gasteiger partial charge in [0.05, 0.1) is 6.61 Å². The molecule has 0 aromatic rings. The molecule has 0 spiro atoms. The molecule has 0 aliphatic rings. The van der Waals surface area contributed by atoms with Crippen molar-refractivity contribution >= 4 is 5.97 Å². The molecule has 0 radical (unpaired) electrons. The Balaban J connectivity index is 3.76. The van der Waals surface area contributed by atoms with Crippen molar-refractivity contribution in [1.82, 2.24) is 0 Å². The number of aliphatic carboxylic acids is 1. The largest absolute Gasteiger partial charge is 0.481 e. The van der Waals surface area contributed by atoms with Crippen LogP contribution in [0.15, 0.2) is 23.3 Å². The lowest BCUT2D eigenvalue weighted by atomic mass is 10.1. The minimum atomic E-state index is -0.751. The number of rotatable bonds is 7. The summed E-state index contributed by atoms with van der Waals surface area (Å²) in [7, 11) is 0. The molecule has 15 heavy (non-hydrogen) atoms. The number of carbonyl (C=O) groups is 1. The summed E-state index contributed by atoms with van der Waals surface area (Å²) >= 11 is 0. The number of aliphatic hydroxyl groups is 1. The first kappa shape index (κ1) is 13.9. The van der Waals surface area contributed by atoms with Crippen LogP contribution < -0.4 is 0 Å². The molecule has 0 atom stereocenters. The molecule has 0 aliphatic carbocycles. The summed E-state index contributed by atoms with van der Waals surface area (Å²) in [6.45, 7) is 4.03. The third-order valence-electron chi connectivity index (χ3n) is 2.20. The molecule has 0 aromatic heterocycles. The highest BCUT2D eigenvalue weighted by Gasteiger charge is 1.97. The van der Waals surface area contributed by atoms with Crippen LogP contribution in [0.25, 0.3) is 0 Å². The molecule has 0 bridgehead atoms. The van der Waals surface area contributed by atoms with E-state index in [4.69, 9.17) is 10.2 Å². The molecule has 86 valence electrons. The number of carboxylic acid groups (broad SMARTS) is 1. The molecule has 0 unspecified atom stereocenters. The maximum atomic E-state index is 10.3. The van der Waals surface area contributed by atoms with Crippen LogP contribution in [-0.4, -0.2) is 22.8 Å². The van der Waals surface area contributed by atoms with Crippen LogP contribution >= 0.6 is 0 Å². The van der Waals surface area contributed by atoms with Crippen LogP contribution in [-0.2, 0) is 4.79 Å². The Labute approximate surface area is 91.1 Å². The third kappa shape index (κ3) is 9.22. The average Bonchev–Trinajstić information content (AvgIpc) is 2.15. The zero-order valence-corrected chi connectivity index (χ0v) is 9.49. The van der Waals surface area contributed by atoms with Crippen molar-refractivity contribution < 1.29 is 15.0 Å². The van der Waals surface area contributed by atoms with Crippen molar-refractivity contribution in [3.05, 3.63) is 23.3 Å². The first-order chi connectivity index (χ1) is 7.06. The Hall–Kier alpha value is -1.09. The van der Waals surface area contributed by atoms with Crippen LogP contribution in [0, 0.1) is 0 Å². The van der Waals surface area contributed by atoms with Crippen LogP contribution in [0.3, 0.4) is 0 Å². The summed E-state index contributed by atoms with van der Waals surface area (Å²) in [5.41, 5.74) is 2.29. The Morgan fingerprint density at radius 3 is 2.20 bits per heavy atom. The quantitative estimate of drug-likeness (QED) is 0.637. The maximum absolute atomic E-state index is 10.3. The van der Waals surface area contributed by atoms with Gasteiger partial charge in [0.2, 0.25) is 0 Å². The molecule has 0 heterocycles. The number of hydrogen-bond acceptors (Lipinski definition) is 2. The van der Waals surface area contributed by atoms with E-state index in [9.17, 15) is 4.79 Å². The molecule has 3 heteroatoms. The van der Waals surface area contributed by atoms with Gasteiger partial charge in [-0.15, -0.1) is 0 Å². The van der Waals surface area contributed by atoms with Gasteiger partial charge >= 0.3 is 5.97 Å². The van der Waals surface area contributed by atoms with Crippen molar-refractivity contribution in [1.29, 1.82) is 0 Å². The van der Waals surface area contributed by atoms with E-state index in [-0.39, 0.29) is 13.0 Å². The van der Waals surface area contributed by atoms with Gasteiger partial charge in [0.15, 0.2) is 0 Å². The summed E-state index contributed by atoms with van der Waals surface area (Å²) in [6.07, 6.45) is 6.52. The highest BCUT2D eigenvalue weighted by atomic mass is 16.4. The van der Waals surface area contributed by atoms with E-state index in [2.05, 4.69) is 6.08 Å². The number of hydrogen-bond donors (Lipinski definition) is 2. The highest BCUT2D eigenvalue weighted by molar-refractivity contribution is 5.66. The van der Waals surface area contributed by atoms with Gasteiger partial charge in [-0.2, -0.15) is 0 Å². The van der Waals surface area contributed by atoms with Crippen LogP contribution in [0.1, 0.15) is 39.5 Å². The smallest absolute Gasteiger partial charge is 0.303 e. The molecule has 0 aliphatic heterocycles. The molecule has 0 rings (SSSR count). The normalized spacial score (nSPS) is 13.0. The molecule has 0 saturated heterocycles. The standard InChI is InChI=1S/C12H20O3/c1-10(6-7-12(14)15)4-3-5-11(2)8-9-13/h4,8,13H,3,5-7,9H2,1-2H3,(H,14,15). The van der Waals surface area contributed by atoms with Gasteiger partial charge in [0.1, 0.15) is 0 Å². The monoisotopic (exact) mass is 212 g/mol. The molecule has 0 fully saturated rings.